The highest BCUT2D eigenvalue weighted by Crippen LogP contribution is 2.51. The minimum absolute atomic E-state index is 0.211. The van der Waals surface area contributed by atoms with Gasteiger partial charge < -0.3 is 33.5 Å². The van der Waals surface area contributed by atoms with Gasteiger partial charge in [0.05, 0.1) is 6.61 Å². The normalized spacial score (nSPS) is 41.9. The van der Waals surface area contributed by atoms with Crippen LogP contribution in [0.15, 0.2) is 0 Å². The summed E-state index contributed by atoms with van der Waals surface area (Å²) < 4.78 is 36.6. The maximum absolute atomic E-state index is 11.9. The Bertz CT molecular complexity index is 641. The van der Waals surface area contributed by atoms with Gasteiger partial charge in [-0.15, -0.1) is 0 Å². The minimum atomic E-state index is -1.55. The smallest absolute Gasteiger partial charge is 0.305 e. The van der Waals surface area contributed by atoms with Crippen molar-refractivity contribution in [1.82, 2.24) is 0 Å². The highest BCUT2D eigenvalue weighted by Gasteiger charge is 2.68. The van der Waals surface area contributed by atoms with Gasteiger partial charge in [-0.05, 0) is 25.7 Å². The number of carbonyl (C=O) groups is 1. The van der Waals surface area contributed by atoms with Gasteiger partial charge in [-0.1, -0.05) is 19.8 Å². The Morgan fingerprint density at radius 3 is 2.27 bits per heavy atom. The monoisotopic (exact) mass is 426 g/mol. The van der Waals surface area contributed by atoms with Crippen molar-refractivity contribution in [1.29, 1.82) is 0 Å². The molecule has 30 heavy (non-hydrogen) atoms. The van der Waals surface area contributed by atoms with Gasteiger partial charge in [0.15, 0.2) is 23.5 Å². The van der Waals surface area contributed by atoms with E-state index < -0.39 is 41.8 Å². The molecule has 8 nitrogen and oxygen atoms in total. The second kappa shape index (κ2) is 7.98. The van der Waals surface area contributed by atoms with Crippen LogP contribution >= 0.6 is 0 Å². The molecule has 0 radical (unpaired) electrons. The fraction of sp³-hybridized carbons (Fsp3) is 0.955. The number of aliphatic hydroxyl groups is 1. The van der Waals surface area contributed by atoms with E-state index in [0.717, 1.165) is 57.8 Å². The summed E-state index contributed by atoms with van der Waals surface area (Å²) in [5.41, 5.74) is -1.55. The fourth-order valence-electron chi connectivity index (χ4n) is 5.73. The second-order valence-electron chi connectivity index (χ2n) is 9.50. The summed E-state index contributed by atoms with van der Waals surface area (Å²) in [4.78, 5) is 11.9. The van der Waals surface area contributed by atoms with E-state index in [1.807, 2.05) is 0 Å². The Morgan fingerprint density at radius 1 is 0.933 bits per heavy atom. The first-order valence-electron chi connectivity index (χ1n) is 11.7. The highest BCUT2D eigenvalue weighted by atomic mass is 16.8. The lowest BCUT2D eigenvalue weighted by atomic mass is 9.89. The summed E-state index contributed by atoms with van der Waals surface area (Å²) in [5, 5.41) is 11.8. The largest absolute Gasteiger partial charge is 0.462 e. The first kappa shape index (κ1) is 21.1. The van der Waals surface area contributed by atoms with Crippen molar-refractivity contribution < 1.29 is 38.3 Å². The van der Waals surface area contributed by atoms with Crippen LogP contribution in [0.1, 0.15) is 77.6 Å². The molecule has 0 aromatic heterocycles. The van der Waals surface area contributed by atoms with Crippen LogP contribution in [0, 0.1) is 0 Å². The number of hydrogen-bond donors (Lipinski definition) is 1. The maximum atomic E-state index is 11.9. The predicted molar refractivity (Wildman–Crippen MR) is 103 cm³/mol. The Kier molecular flexibility index (Phi) is 5.61. The molecule has 1 N–H and O–H groups in total. The third-order valence-electron chi connectivity index (χ3n) is 7.38. The highest BCUT2D eigenvalue weighted by molar-refractivity contribution is 5.68. The Morgan fingerprint density at radius 2 is 1.60 bits per heavy atom. The first-order chi connectivity index (χ1) is 14.5. The van der Waals surface area contributed by atoms with E-state index in [4.69, 9.17) is 28.4 Å². The van der Waals surface area contributed by atoms with Gasteiger partial charge >= 0.3 is 5.97 Å². The fourth-order valence-corrected chi connectivity index (χ4v) is 5.73. The molecule has 0 amide bonds. The van der Waals surface area contributed by atoms with Crippen LogP contribution in [0.2, 0.25) is 0 Å². The van der Waals surface area contributed by atoms with Crippen LogP contribution in [-0.4, -0.2) is 66.1 Å². The molecule has 2 saturated carbocycles. The second-order valence-corrected chi connectivity index (χ2v) is 9.50. The minimum Gasteiger partial charge on any atom is -0.462 e. The molecular weight excluding hydrogens is 392 g/mol. The van der Waals surface area contributed by atoms with E-state index >= 15 is 0 Å². The van der Waals surface area contributed by atoms with E-state index in [1.165, 1.54) is 6.42 Å². The molecule has 5 aliphatic rings. The zero-order valence-electron chi connectivity index (χ0n) is 17.8. The number of hydrogen-bond acceptors (Lipinski definition) is 8. The number of carbonyl (C=O) groups excluding carboxylic acids is 1. The van der Waals surface area contributed by atoms with Crippen LogP contribution in [0.5, 0.6) is 0 Å². The lowest BCUT2D eigenvalue weighted by Gasteiger charge is -2.38. The molecule has 8 heteroatoms. The van der Waals surface area contributed by atoms with Gasteiger partial charge in [0.25, 0.3) is 0 Å². The molecule has 5 rings (SSSR count). The molecule has 3 saturated heterocycles. The van der Waals surface area contributed by atoms with Gasteiger partial charge in [-0.2, -0.15) is 0 Å². The molecule has 170 valence electrons. The van der Waals surface area contributed by atoms with Crippen LogP contribution in [-0.2, 0) is 33.2 Å². The van der Waals surface area contributed by atoms with Crippen molar-refractivity contribution >= 4 is 5.97 Å². The molecule has 5 atom stereocenters. The predicted octanol–water partition coefficient (Wildman–Crippen LogP) is 2.55. The van der Waals surface area contributed by atoms with E-state index in [-0.39, 0.29) is 19.0 Å². The Labute approximate surface area is 177 Å². The molecule has 2 spiro atoms. The zero-order valence-corrected chi connectivity index (χ0v) is 17.8. The average molecular weight is 427 g/mol. The zero-order chi connectivity index (χ0) is 20.8. The van der Waals surface area contributed by atoms with Crippen LogP contribution < -0.4 is 0 Å². The molecule has 0 bridgehead atoms. The first-order valence-corrected chi connectivity index (χ1v) is 11.7. The molecule has 3 heterocycles. The number of rotatable bonds is 4. The van der Waals surface area contributed by atoms with Crippen LogP contribution in [0.4, 0.5) is 0 Å². The molecule has 2 aliphatic carbocycles. The van der Waals surface area contributed by atoms with E-state index in [2.05, 4.69) is 0 Å². The van der Waals surface area contributed by atoms with E-state index in [1.54, 1.807) is 6.92 Å². The molecule has 0 aromatic carbocycles. The topological polar surface area (TPSA) is 92.7 Å². The van der Waals surface area contributed by atoms with Crippen molar-refractivity contribution in [2.75, 3.05) is 13.2 Å². The van der Waals surface area contributed by atoms with Crippen molar-refractivity contribution in [3.05, 3.63) is 0 Å². The quantitative estimate of drug-likeness (QED) is 0.686. The van der Waals surface area contributed by atoms with E-state index in [0.29, 0.717) is 6.61 Å². The van der Waals surface area contributed by atoms with Gasteiger partial charge in [0.2, 0.25) is 0 Å². The Hall–Kier alpha value is -0.770. The van der Waals surface area contributed by atoms with E-state index in [9.17, 15) is 9.90 Å². The Balaban J connectivity index is 1.35. The van der Waals surface area contributed by atoms with Gasteiger partial charge in [0, 0.05) is 32.1 Å². The lowest BCUT2D eigenvalue weighted by molar-refractivity contribution is -0.276. The third-order valence-corrected chi connectivity index (χ3v) is 7.38. The summed E-state index contributed by atoms with van der Waals surface area (Å²) >= 11 is 0. The molecule has 3 aliphatic heterocycles. The van der Waals surface area contributed by atoms with Crippen molar-refractivity contribution in [2.45, 2.75) is 119 Å². The van der Waals surface area contributed by atoms with Crippen molar-refractivity contribution in [3.8, 4) is 0 Å². The molecule has 5 fully saturated rings. The molecular formula is C22H34O8. The van der Waals surface area contributed by atoms with Gasteiger partial charge in [-0.3, -0.25) is 4.79 Å². The number of fused-ring (bicyclic) bond motifs is 1. The summed E-state index contributed by atoms with van der Waals surface area (Å²) in [6.45, 7) is 1.85. The lowest BCUT2D eigenvalue weighted by Crippen LogP contribution is -2.57. The van der Waals surface area contributed by atoms with Crippen molar-refractivity contribution in [2.24, 2.45) is 0 Å². The van der Waals surface area contributed by atoms with Crippen LogP contribution in [0.25, 0.3) is 0 Å². The van der Waals surface area contributed by atoms with Gasteiger partial charge in [-0.25, -0.2) is 0 Å². The number of esters is 1. The van der Waals surface area contributed by atoms with Gasteiger partial charge in [0.1, 0.15) is 24.9 Å². The molecule has 0 unspecified atom stereocenters. The maximum Gasteiger partial charge on any atom is 0.305 e. The summed E-state index contributed by atoms with van der Waals surface area (Å²) in [6, 6.07) is 0. The summed E-state index contributed by atoms with van der Waals surface area (Å²) in [5.74, 6) is -1.67. The standard InChI is InChI=1S/C22H34O8/c1-2-16(23)25-14-22(24)17(15-13-26-20(28-15)9-5-3-6-10-20)27-19-18(22)29-21(30-19)11-7-4-8-12-21/h15,17-19,24H,2-14H2,1H3/t15-,17-,18+,19-,22+/m1/s1. The molecule has 0 aromatic rings. The third kappa shape index (κ3) is 3.59. The van der Waals surface area contributed by atoms with Crippen molar-refractivity contribution in [3.63, 3.8) is 0 Å². The SMILES string of the molecule is CCC(=O)OC[C@]1(O)[C@@H]([C@H]2COC3(CCCCC3)O2)O[C@@H]2OC3(CCCCC3)O[C@@H]21. The average Bonchev–Trinajstić information content (AvgIpc) is 3.39. The summed E-state index contributed by atoms with van der Waals surface area (Å²) in [6.07, 6.45) is 7.37. The van der Waals surface area contributed by atoms with Crippen LogP contribution in [0.3, 0.4) is 0 Å². The number of ether oxygens (including phenoxy) is 6. The summed E-state index contributed by atoms with van der Waals surface area (Å²) in [7, 11) is 0.